The molecule has 0 atom stereocenters. The van der Waals surface area contributed by atoms with Crippen molar-refractivity contribution in [1.82, 2.24) is 0 Å². The zero-order valence-corrected chi connectivity index (χ0v) is 13.9. The average molecular weight is 370 g/mol. The number of thiocarbonyl (C=S) groups is 1. The number of anilines is 1. The van der Waals surface area contributed by atoms with Crippen molar-refractivity contribution in [2.24, 2.45) is 5.73 Å². The largest absolute Gasteiger partial charge is 0.389 e. The van der Waals surface area contributed by atoms with Crippen LogP contribution in [0, 0.1) is 0 Å². The summed E-state index contributed by atoms with van der Waals surface area (Å²) in [6.45, 7) is 0.840. The third-order valence-corrected chi connectivity index (χ3v) is 4.04. The minimum absolute atomic E-state index is 0.401. The molecular formula is C15H14BrClN2S. The molecule has 3 N–H and O–H groups in total. The molecule has 2 aromatic carbocycles. The monoisotopic (exact) mass is 368 g/mol. The smallest absolute Gasteiger partial charge is 0.104 e. The molecule has 0 heterocycles. The van der Waals surface area contributed by atoms with Crippen molar-refractivity contribution in [3.8, 4) is 0 Å². The van der Waals surface area contributed by atoms with Gasteiger partial charge in [0.25, 0.3) is 0 Å². The van der Waals surface area contributed by atoms with E-state index in [1.54, 1.807) is 0 Å². The van der Waals surface area contributed by atoms with Crippen LogP contribution in [0.2, 0.25) is 5.02 Å². The lowest BCUT2D eigenvalue weighted by molar-refractivity contribution is 1.02. The van der Waals surface area contributed by atoms with Crippen LogP contribution in [0.5, 0.6) is 0 Å². The summed E-state index contributed by atoms with van der Waals surface area (Å²) in [5.74, 6) is 0. The van der Waals surface area contributed by atoms with Crippen molar-refractivity contribution < 1.29 is 0 Å². The third kappa shape index (κ3) is 4.20. The van der Waals surface area contributed by atoms with Crippen molar-refractivity contribution in [3.63, 3.8) is 0 Å². The lowest BCUT2D eigenvalue weighted by Crippen LogP contribution is -2.10. The predicted octanol–water partition coefficient (Wildman–Crippen LogP) is 4.39. The van der Waals surface area contributed by atoms with Crippen LogP contribution in [0.1, 0.15) is 11.1 Å². The molecule has 2 nitrogen and oxygen atoms in total. The van der Waals surface area contributed by atoms with E-state index in [0.29, 0.717) is 4.99 Å². The molecule has 0 aromatic heterocycles. The average Bonchev–Trinajstić information content (AvgIpc) is 2.42. The van der Waals surface area contributed by atoms with E-state index in [1.807, 2.05) is 42.5 Å². The molecule has 0 amide bonds. The van der Waals surface area contributed by atoms with E-state index in [1.165, 1.54) is 5.56 Å². The minimum atomic E-state index is 0.401. The molecule has 2 aromatic rings. The molecule has 20 heavy (non-hydrogen) atoms. The normalized spacial score (nSPS) is 10.3. The van der Waals surface area contributed by atoms with Gasteiger partial charge in [-0.25, -0.2) is 0 Å². The summed E-state index contributed by atoms with van der Waals surface area (Å²) < 4.78 is 0.957. The fraction of sp³-hybridized carbons (Fsp3) is 0.133. The highest BCUT2D eigenvalue weighted by Gasteiger charge is 2.03. The molecule has 0 radical (unpaired) electrons. The molecule has 0 aliphatic heterocycles. The van der Waals surface area contributed by atoms with E-state index >= 15 is 0 Å². The summed E-state index contributed by atoms with van der Waals surface area (Å²) in [5.41, 5.74) is 8.73. The van der Waals surface area contributed by atoms with Gasteiger partial charge in [-0.3, -0.25) is 0 Å². The standard InChI is InChI=1S/C15H14BrClN2S/c16-13-9-11(15(18)20)3-6-14(13)19-8-7-10-1-4-12(17)5-2-10/h1-6,9,19H,7-8H2,(H2,18,20). The second-order valence-corrected chi connectivity index (χ2v) is 6.09. The Balaban J connectivity index is 1.94. The summed E-state index contributed by atoms with van der Waals surface area (Å²) in [6, 6.07) is 13.7. The van der Waals surface area contributed by atoms with Gasteiger partial charge in [0.1, 0.15) is 4.99 Å². The molecular weight excluding hydrogens is 356 g/mol. The van der Waals surface area contributed by atoms with Crippen molar-refractivity contribution in [2.45, 2.75) is 6.42 Å². The van der Waals surface area contributed by atoms with Crippen molar-refractivity contribution >= 4 is 50.4 Å². The van der Waals surface area contributed by atoms with E-state index in [9.17, 15) is 0 Å². The number of rotatable bonds is 5. The van der Waals surface area contributed by atoms with Gasteiger partial charge in [-0.05, 0) is 58.2 Å². The third-order valence-electron chi connectivity index (χ3n) is 2.90. The van der Waals surface area contributed by atoms with Crippen LogP contribution in [-0.4, -0.2) is 11.5 Å². The summed E-state index contributed by atoms with van der Waals surface area (Å²) >= 11 is 14.3. The van der Waals surface area contributed by atoms with Gasteiger partial charge in [-0.15, -0.1) is 0 Å². The van der Waals surface area contributed by atoms with Gasteiger partial charge in [-0.1, -0.05) is 36.0 Å². The molecule has 0 saturated heterocycles. The summed E-state index contributed by atoms with van der Waals surface area (Å²) in [7, 11) is 0. The van der Waals surface area contributed by atoms with Crippen molar-refractivity contribution in [2.75, 3.05) is 11.9 Å². The lowest BCUT2D eigenvalue weighted by Gasteiger charge is -2.10. The first-order valence-corrected chi connectivity index (χ1v) is 7.72. The Morgan fingerprint density at radius 3 is 2.50 bits per heavy atom. The number of nitrogens with one attached hydrogen (secondary N) is 1. The maximum atomic E-state index is 5.86. The van der Waals surface area contributed by atoms with Crippen LogP contribution in [0.15, 0.2) is 46.9 Å². The van der Waals surface area contributed by atoms with E-state index in [4.69, 9.17) is 29.6 Å². The fourth-order valence-corrected chi connectivity index (χ4v) is 2.58. The van der Waals surface area contributed by atoms with E-state index in [0.717, 1.165) is 33.7 Å². The fourth-order valence-electron chi connectivity index (χ4n) is 1.80. The summed E-state index contributed by atoms with van der Waals surface area (Å²) in [5, 5.41) is 4.14. The maximum Gasteiger partial charge on any atom is 0.104 e. The SMILES string of the molecule is NC(=S)c1ccc(NCCc2ccc(Cl)cc2)c(Br)c1. The number of halogens is 2. The Bertz CT molecular complexity index is 614. The van der Waals surface area contributed by atoms with Gasteiger partial charge >= 0.3 is 0 Å². The topological polar surface area (TPSA) is 38.0 Å². The van der Waals surface area contributed by atoms with Gasteiger partial charge in [0.2, 0.25) is 0 Å². The Morgan fingerprint density at radius 1 is 1.20 bits per heavy atom. The van der Waals surface area contributed by atoms with Crippen LogP contribution >= 0.6 is 39.7 Å². The Kier molecular flexibility index (Phi) is 5.40. The molecule has 0 aliphatic carbocycles. The summed E-state index contributed by atoms with van der Waals surface area (Å²) in [6.07, 6.45) is 0.931. The highest BCUT2D eigenvalue weighted by molar-refractivity contribution is 9.10. The van der Waals surface area contributed by atoms with E-state index < -0.39 is 0 Å². The second-order valence-electron chi connectivity index (χ2n) is 4.36. The van der Waals surface area contributed by atoms with Crippen LogP contribution in [0.3, 0.4) is 0 Å². The van der Waals surface area contributed by atoms with Crippen LogP contribution in [-0.2, 0) is 6.42 Å². The molecule has 0 saturated carbocycles. The minimum Gasteiger partial charge on any atom is -0.389 e. The summed E-state index contributed by atoms with van der Waals surface area (Å²) in [4.78, 5) is 0.401. The van der Waals surface area contributed by atoms with Crippen molar-refractivity contribution in [3.05, 3.63) is 63.1 Å². The number of hydrogen-bond acceptors (Lipinski definition) is 2. The van der Waals surface area contributed by atoms with E-state index in [2.05, 4.69) is 21.2 Å². The molecule has 0 spiro atoms. The van der Waals surface area contributed by atoms with Crippen LogP contribution in [0.25, 0.3) is 0 Å². The zero-order valence-electron chi connectivity index (χ0n) is 10.7. The molecule has 5 heteroatoms. The van der Waals surface area contributed by atoms with Crippen molar-refractivity contribution in [1.29, 1.82) is 0 Å². The molecule has 2 rings (SSSR count). The van der Waals surface area contributed by atoms with E-state index in [-0.39, 0.29) is 0 Å². The zero-order chi connectivity index (χ0) is 14.5. The molecule has 0 aliphatic rings. The highest BCUT2D eigenvalue weighted by atomic mass is 79.9. The molecule has 0 unspecified atom stereocenters. The first-order valence-electron chi connectivity index (χ1n) is 6.14. The Morgan fingerprint density at radius 2 is 1.90 bits per heavy atom. The molecule has 0 bridgehead atoms. The molecule has 0 fully saturated rings. The van der Waals surface area contributed by atoms with Crippen LogP contribution in [0.4, 0.5) is 5.69 Å². The first-order chi connectivity index (χ1) is 9.56. The van der Waals surface area contributed by atoms with Gasteiger partial charge in [0, 0.05) is 27.3 Å². The lowest BCUT2D eigenvalue weighted by atomic mass is 10.1. The number of nitrogens with two attached hydrogens (primary N) is 1. The van der Waals surface area contributed by atoms with Gasteiger partial charge in [0.05, 0.1) is 0 Å². The van der Waals surface area contributed by atoms with Crippen LogP contribution < -0.4 is 11.1 Å². The predicted molar refractivity (Wildman–Crippen MR) is 93.7 cm³/mol. The van der Waals surface area contributed by atoms with Gasteiger partial charge < -0.3 is 11.1 Å². The number of hydrogen-bond donors (Lipinski definition) is 2. The Labute approximate surface area is 137 Å². The Hall–Kier alpha value is -1.10. The number of benzene rings is 2. The van der Waals surface area contributed by atoms with Gasteiger partial charge in [-0.2, -0.15) is 0 Å². The first kappa shape index (κ1) is 15.3. The van der Waals surface area contributed by atoms with Gasteiger partial charge in [0.15, 0.2) is 0 Å². The maximum absolute atomic E-state index is 5.86. The quantitative estimate of drug-likeness (QED) is 0.768. The molecule has 104 valence electrons. The highest BCUT2D eigenvalue weighted by Crippen LogP contribution is 2.23. The second kappa shape index (κ2) is 7.07.